The predicted octanol–water partition coefficient (Wildman–Crippen LogP) is 1.37. The standard InChI is InChI=1S/C15H19N3O2/c1-11-6-8-13(9-7-11)18-14(15(19)20-17-18)10-16-12-4-2-3-5-12/h6-9,12,16H,2-5,10H2,1H3. The van der Waals surface area contributed by atoms with Crippen LogP contribution < -0.4 is 15.1 Å². The van der Waals surface area contributed by atoms with E-state index in [0.29, 0.717) is 18.3 Å². The molecule has 0 aliphatic heterocycles. The van der Waals surface area contributed by atoms with Crippen molar-refractivity contribution in [3.63, 3.8) is 0 Å². The molecule has 1 aliphatic rings. The molecule has 1 aromatic heterocycles. The highest BCUT2D eigenvalue weighted by atomic mass is 16.6. The van der Waals surface area contributed by atoms with Crippen LogP contribution in [0.15, 0.2) is 28.8 Å². The summed E-state index contributed by atoms with van der Waals surface area (Å²) in [5.41, 5.74) is 2.58. The van der Waals surface area contributed by atoms with Gasteiger partial charge in [0.15, 0.2) is 5.95 Å². The largest absolute Gasteiger partial charge is 0.539 e. The summed E-state index contributed by atoms with van der Waals surface area (Å²) >= 11 is 0. The van der Waals surface area contributed by atoms with E-state index in [1.54, 1.807) is 4.68 Å². The summed E-state index contributed by atoms with van der Waals surface area (Å²) < 4.78 is 6.40. The van der Waals surface area contributed by atoms with Gasteiger partial charge in [-0.3, -0.25) is 0 Å². The van der Waals surface area contributed by atoms with E-state index < -0.39 is 0 Å². The summed E-state index contributed by atoms with van der Waals surface area (Å²) in [6.45, 7) is 2.53. The molecule has 0 amide bonds. The number of aryl methyl sites for hydroxylation is 1. The number of hydrogen-bond acceptors (Lipinski definition) is 4. The van der Waals surface area contributed by atoms with Crippen molar-refractivity contribution in [1.29, 1.82) is 0 Å². The lowest BCUT2D eigenvalue weighted by molar-refractivity contribution is -0.677. The molecule has 20 heavy (non-hydrogen) atoms. The lowest BCUT2D eigenvalue weighted by Crippen LogP contribution is -2.40. The third kappa shape index (κ3) is 2.67. The number of rotatable bonds is 4. The van der Waals surface area contributed by atoms with Gasteiger partial charge in [-0.05, 0) is 24.4 Å². The lowest BCUT2D eigenvalue weighted by atomic mass is 10.2. The molecule has 0 saturated heterocycles. The summed E-state index contributed by atoms with van der Waals surface area (Å²) in [4.78, 5) is 0. The van der Waals surface area contributed by atoms with E-state index in [2.05, 4.69) is 10.6 Å². The van der Waals surface area contributed by atoms with Crippen LogP contribution in [-0.2, 0) is 6.54 Å². The van der Waals surface area contributed by atoms with Gasteiger partial charge in [-0.1, -0.05) is 30.5 Å². The van der Waals surface area contributed by atoms with Crippen LogP contribution in [0.25, 0.3) is 5.69 Å². The second-order valence-electron chi connectivity index (χ2n) is 5.42. The highest BCUT2D eigenvalue weighted by Gasteiger charge is 2.22. The van der Waals surface area contributed by atoms with Crippen molar-refractivity contribution < 1.29 is 14.3 Å². The van der Waals surface area contributed by atoms with Gasteiger partial charge in [-0.2, -0.15) is 0 Å². The van der Waals surface area contributed by atoms with Crippen molar-refractivity contribution in [3.8, 4) is 11.6 Å². The number of benzene rings is 1. The van der Waals surface area contributed by atoms with Crippen LogP contribution >= 0.6 is 0 Å². The predicted molar refractivity (Wildman–Crippen MR) is 71.3 cm³/mol. The van der Waals surface area contributed by atoms with E-state index in [-0.39, 0.29) is 5.95 Å². The van der Waals surface area contributed by atoms with E-state index in [0.717, 1.165) is 5.69 Å². The highest BCUT2D eigenvalue weighted by molar-refractivity contribution is 5.27. The first-order valence-corrected chi connectivity index (χ1v) is 7.12. The van der Waals surface area contributed by atoms with Crippen molar-refractivity contribution in [3.05, 3.63) is 35.5 Å². The Bertz CT molecular complexity index is 571. The van der Waals surface area contributed by atoms with E-state index >= 15 is 0 Å². The molecule has 0 spiro atoms. The van der Waals surface area contributed by atoms with Crippen molar-refractivity contribution >= 4 is 0 Å². The van der Waals surface area contributed by atoms with Gasteiger partial charge in [-0.15, -0.1) is 0 Å². The fourth-order valence-electron chi connectivity index (χ4n) is 2.67. The molecule has 2 aromatic rings. The molecular weight excluding hydrogens is 254 g/mol. The summed E-state index contributed by atoms with van der Waals surface area (Å²) in [5, 5.41) is 19.1. The second-order valence-corrected chi connectivity index (χ2v) is 5.42. The first-order valence-electron chi connectivity index (χ1n) is 7.12. The Balaban J connectivity index is 1.79. The molecular formula is C15H19N3O2. The Morgan fingerprint density at radius 3 is 2.70 bits per heavy atom. The topological polar surface area (TPSA) is 65.0 Å². The fourth-order valence-corrected chi connectivity index (χ4v) is 2.67. The minimum absolute atomic E-state index is 0.365. The molecule has 1 aliphatic carbocycles. The summed E-state index contributed by atoms with van der Waals surface area (Å²) in [5.74, 6) is -0.365. The Morgan fingerprint density at radius 2 is 2.00 bits per heavy atom. The number of nitrogens with one attached hydrogen (secondary N) is 1. The van der Waals surface area contributed by atoms with Gasteiger partial charge < -0.3 is 14.9 Å². The van der Waals surface area contributed by atoms with Crippen molar-refractivity contribution in [1.82, 2.24) is 10.6 Å². The lowest BCUT2D eigenvalue weighted by Gasteiger charge is -2.09. The number of nitrogens with zero attached hydrogens (tertiary/aromatic N) is 2. The van der Waals surface area contributed by atoms with Crippen molar-refractivity contribution in [2.75, 3.05) is 0 Å². The molecule has 3 rings (SSSR count). The van der Waals surface area contributed by atoms with Crippen molar-refractivity contribution in [2.24, 2.45) is 0 Å². The van der Waals surface area contributed by atoms with Gasteiger partial charge in [0.1, 0.15) is 0 Å². The molecule has 1 heterocycles. The molecule has 106 valence electrons. The zero-order valence-corrected chi connectivity index (χ0v) is 11.6. The Morgan fingerprint density at radius 1 is 1.30 bits per heavy atom. The second kappa shape index (κ2) is 5.63. The number of hydrogen-bond donors (Lipinski definition) is 1. The van der Waals surface area contributed by atoms with E-state index in [4.69, 9.17) is 4.52 Å². The normalized spacial score (nSPS) is 15.8. The third-order valence-corrected chi connectivity index (χ3v) is 3.89. The molecule has 5 heteroatoms. The quantitative estimate of drug-likeness (QED) is 0.854. The summed E-state index contributed by atoms with van der Waals surface area (Å²) in [6.07, 6.45) is 4.90. The molecule has 1 N–H and O–H groups in total. The van der Waals surface area contributed by atoms with Crippen molar-refractivity contribution in [2.45, 2.75) is 45.2 Å². The smallest absolute Gasteiger partial charge is 0.253 e. The van der Waals surface area contributed by atoms with Gasteiger partial charge in [0.05, 0.1) is 11.8 Å². The molecule has 0 radical (unpaired) electrons. The number of aromatic nitrogens is 2. The molecule has 0 unspecified atom stereocenters. The highest BCUT2D eigenvalue weighted by Crippen LogP contribution is 2.19. The van der Waals surface area contributed by atoms with Gasteiger partial charge in [-0.25, -0.2) is 0 Å². The Hall–Kier alpha value is -1.88. The van der Waals surface area contributed by atoms with E-state index in [1.807, 2.05) is 31.2 Å². The van der Waals surface area contributed by atoms with Crippen LogP contribution in [0.3, 0.4) is 0 Å². The molecule has 0 atom stereocenters. The first-order chi connectivity index (χ1) is 9.74. The van der Waals surface area contributed by atoms with E-state index in [9.17, 15) is 5.11 Å². The molecule has 0 bridgehead atoms. The summed E-state index contributed by atoms with van der Waals surface area (Å²) in [7, 11) is 0. The van der Waals surface area contributed by atoms with E-state index in [1.165, 1.54) is 31.2 Å². The minimum atomic E-state index is -0.365. The SMILES string of the molecule is Cc1ccc(-[n+]2noc([O-])c2CNC2CCCC2)cc1. The van der Waals surface area contributed by atoms with Crippen LogP contribution in [0.2, 0.25) is 0 Å². The first kappa shape index (κ1) is 13.1. The average molecular weight is 273 g/mol. The van der Waals surface area contributed by atoms with Crippen LogP contribution in [-0.4, -0.2) is 11.3 Å². The van der Waals surface area contributed by atoms with Crippen LogP contribution in [0.4, 0.5) is 0 Å². The maximum absolute atomic E-state index is 11.8. The minimum Gasteiger partial charge on any atom is -0.539 e. The zero-order chi connectivity index (χ0) is 13.9. The van der Waals surface area contributed by atoms with Crippen LogP contribution in [0.5, 0.6) is 5.95 Å². The van der Waals surface area contributed by atoms with Gasteiger partial charge in [0.2, 0.25) is 5.69 Å². The van der Waals surface area contributed by atoms with Crippen LogP contribution in [0, 0.1) is 6.92 Å². The molecule has 1 fully saturated rings. The Kier molecular flexibility index (Phi) is 3.69. The third-order valence-electron chi connectivity index (χ3n) is 3.89. The Labute approximate surface area is 118 Å². The summed E-state index contributed by atoms with van der Waals surface area (Å²) in [6, 6.07) is 8.38. The maximum atomic E-state index is 11.8. The van der Waals surface area contributed by atoms with Gasteiger partial charge in [0.25, 0.3) is 5.69 Å². The van der Waals surface area contributed by atoms with Crippen LogP contribution in [0.1, 0.15) is 36.9 Å². The average Bonchev–Trinajstić information content (AvgIpc) is 3.07. The maximum Gasteiger partial charge on any atom is 0.253 e. The van der Waals surface area contributed by atoms with Gasteiger partial charge >= 0.3 is 0 Å². The molecule has 5 nitrogen and oxygen atoms in total. The molecule has 1 aromatic carbocycles. The zero-order valence-electron chi connectivity index (χ0n) is 11.6. The fraction of sp³-hybridized carbons (Fsp3) is 0.467. The molecule has 1 saturated carbocycles. The van der Waals surface area contributed by atoms with Gasteiger partial charge in [0, 0.05) is 18.2 Å². The monoisotopic (exact) mass is 273 g/mol.